The second-order valence-electron chi connectivity index (χ2n) is 5.30. The minimum Gasteiger partial charge on any atom is -0.333 e. The Morgan fingerprint density at radius 3 is 3.22 bits per heavy atom. The second kappa shape index (κ2) is 4.69. The number of nitrogens with zero attached hydrogens (tertiary/aromatic N) is 2. The summed E-state index contributed by atoms with van der Waals surface area (Å²) in [6, 6.07) is 4.20. The van der Waals surface area contributed by atoms with Crippen molar-refractivity contribution >= 4 is 5.91 Å². The average molecular weight is 245 g/mol. The predicted octanol–water partition coefficient (Wildman–Crippen LogP) is 1.21. The summed E-state index contributed by atoms with van der Waals surface area (Å²) in [7, 11) is 0. The molecule has 2 aliphatic rings. The normalized spacial score (nSPS) is 27.1. The van der Waals surface area contributed by atoms with Crippen molar-refractivity contribution in [3.8, 4) is 0 Å². The number of aryl methyl sites for hydroxylation is 1. The molecule has 1 N–H and O–H groups in total. The largest absolute Gasteiger partial charge is 0.333 e. The van der Waals surface area contributed by atoms with Crippen LogP contribution in [-0.2, 0) is 0 Å². The van der Waals surface area contributed by atoms with Crippen LogP contribution in [0, 0.1) is 12.8 Å². The molecule has 0 bridgehead atoms. The molecular weight excluding hydrogens is 226 g/mol. The number of aromatic nitrogens is 1. The Kier molecular flexibility index (Phi) is 3.04. The lowest BCUT2D eigenvalue weighted by Crippen LogP contribution is -2.48. The Morgan fingerprint density at radius 1 is 1.50 bits per heavy atom. The van der Waals surface area contributed by atoms with E-state index in [0.717, 1.165) is 31.6 Å². The first-order valence-electron chi connectivity index (χ1n) is 6.70. The minimum atomic E-state index is 0.103. The lowest BCUT2D eigenvalue weighted by atomic mass is 9.91. The zero-order chi connectivity index (χ0) is 12.5. The fraction of sp³-hybridized carbons (Fsp3) is 0.571. The first-order valence-corrected chi connectivity index (χ1v) is 6.70. The molecule has 2 fully saturated rings. The predicted molar refractivity (Wildman–Crippen MR) is 69.4 cm³/mol. The van der Waals surface area contributed by atoms with E-state index >= 15 is 0 Å². The van der Waals surface area contributed by atoms with Crippen molar-refractivity contribution in [2.24, 2.45) is 5.92 Å². The molecule has 2 atom stereocenters. The summed E-state index contributed by atoms with van der Waals surface area (Å²) >= 11 is 0. The van der Waals surface area contributed by atoms with Gasteiger partial charge in [-0.3, -0.25) is 9.78 Å². The number of pyridine rings is 1. The van der Waals surface area contributed by atoms with Gasteiger partial charge in [0.05, 0.1) is 0 Å². The van der Waals surface area contributed by atoms with Gasteiger partial charge in [-0.05, 0) is 37.3 Å². The maximum atomic E-state index is 12.6. The topological polar surface area (TPSA) is 45.2 Å². The van der Waals surface area contributed by atoms with Crippen LogP contribution in [-0.4, -0.2) is 41.5 Å². The van der Waals surface area contributed by atoms with Gasteiger partial charge < -0.3 is 10.2 Å². The molecule has 2 aliphatic heterocycles. The van der Waals surface area contributed by atoms with Gasteiger partial charge in [0.2, 0.25) is 0 Å². The average Bonchev–Trinajstić information content (AvgIpc) is 2.86. The summed E-state index contributed by atoms with van der Waals surface area (Å²) in [5.41, 5.74) is 1.58. The molecule has 3 rings (SSSR count). The maximum Gasteiger partial charge on any atom is 0.273 e. The highest BCUT2D eigenvalue weighted by Gasteiger charge is 2.38. The van der Waals surface area contributed by atoms with Gasteiger partial charge in [0.25, 0.3) is 5.91 Å². The molecule has 1 aromatic rings. The monoisotopic (exact) mass is 245 g/mol. The van der Waals surface area contributed by atoms with Crippen molar-refractivity contribution in [3.05, 3.63) is 29.6 Å². The van der Waals surface area contributed by atoms with Crippen molar-refractivity contribution in [1.82, 2.24) is 15.2 Å². The van der Waals surface area contributed by atoms with E-state index < -0.39 is 0 Å². The number of fused-ring (bicyclic) bond motifs is 1. The standard InChI is InChI=1S/C14H19N3O/c1-10-4-2-6-16-13(10)14(18)17-7-3-5-11-8-15-9-12(11)17/h2,4,6,11-12,15H,3,5,7-9H2,1H3. The number of amides is 1. The van der Waals surface area contributed by atoms with Gasteiger partial charge in [0.1, 0.15) is 5.69 Å². The van der Waals surface area contributed by atoms with Gasteiger partial charge in [-0.1, -0.05) is 6.07 Å². The van der Waals surface area contributed by atoms with Gasteiger partial charge in [-0.15, -0.1) is 0 Å². The van der Waals surface area contributed by atoms with Gasteiger partial charge in [0.15, 0.2) is 0 Å². The number of piperidine rings is 1. The number of carbonyl (C=O) groups excluding carboxylic acids is 1. The first kappa shape index (κ1) is 11.7. The summed E-state index contributed by atoms with van der Waals surface area (Å²) < 4.78 is 0. The van der Waals surface area contributed by atoms with E-state index in [1.807, 2.05) is 24.0 Å². The van der Waals surface area contributed by atoms with Crippen LogP contribution < -0.4 is 5.32 Å². The number of rotatable bonds is 1. The summed E-state index contributed by atoms with van der Waals surface area (Å²) in [5.74, 6) is 0.734. The van der Waals surface area contributed by atoms with Crippen LogP contribution in [0.1, 0.15) is 28.9 Å². The Balaban J connectivity index is 1.86. The molecule has 4 nitrogen and oxygen atoms in total. The van der Waals surface area contributed by atoms with Crippen molar-refractivity contribution in [2.75, 3.05) is 19.6 Å². The fourth-order valence-electron chi connectivity index (χ4n) is 3.17. The number of hydrogen-bond donors (Lipinski definition) is 1. The third-order valence-electron chi connectivity index (χ3n) is 4.15. The number of likely N-dealkylation sites (tertiary alicyclic amines) is 1. The number of carbonyl (C=O) groups is 1. The molecule has 0 aliphatic carbocycles. The SMILES string of the molecule is Cc1cccnc1C(=O)N1CCCC2CNCC21. The van der Waals surface area contributed by atoms with Crippen molar-refractivity contribution in [2.45, 2.75) is 25.8 Å². The van der Waals surface area contributed by atoms with Crippen LogP contribution in [0.25, 0.3) is 0 Å². The molecule has 2 saturated heterocycles. The van der Waals surface area contributed by atoms with E-state index in [1.165, 1.54) is 6.42 Å². The van der Waals surface area contributed by atoms with Crippen molar-refractivity contribution in [3.63, 3.8) is 0 Å². The molecule has 4 heteroatoms. The molecule has 2 unspecified atom stereocenters. The van der Waals surface area contributed by atoms with Crippen LogP contribution >= 0.6 is 0 Å². The van der Waals surface area contributed by atoms with E-state index in [0.29, 0.717) is 17.7 Å². The Bertz CT molecular complexity index is 460. The Morgan fingerprint density at radius 2 is 2.39 bits per heavy atom. The van der Waals surface area contributed by atoms with Gasteiger partial charge in [-0.25, -0.2) is 0 Å². The van der Waals surface area contributed by atoms with Gasteiger partial charge >= 0.3 is 0 Å². The highest BCUT2D eigenvalue weighted by molar-refractivity contribution is 5.94. The van der Waals surface area contributed by atoms with Gasteiger partial charge in [0, 0.05) is 31.9 Å². The van der Waals surface area contributed by atoms with Crippen molar-refractivity contribution in [1.29, 1.82) is 0 Å². The molecule has 0 saturated carbocycles. The lowest BCUT2D eigenvalue weighted by Gasteiger charge is -2.37. The van der Waals surface area contributed by atoms with Crippen LogP contribution in [0.3, 0.4) is 0 Å². The van der Waals surface area contributed by atoms with E-state index in [9.17, 15) is 4.79 Å². The lowest BCUT2D eigenvalue weighted by molar-refractivity contribution is 0.0568. The van der Waals surface area contributed by atoms with Crippen LogP contribution in [0.2, 0.25) is 0 Å². The molecule has 0 spiro atoms. The fourth-order valence-corrected chi connectivity index (χ4v) is 3.17. The molecular formula is C14H19N3O. The van der Waals surface area contributed by atoms with Crippen LogP contribution in [0.5, 0.6) is 0 Å². The summed E-state index contributed by atoms with van der Waals surface area (Å²) in [6.45, 7) is 4.81. The molecule has 0 aromatic carbocycles. The zero-order valence-corrected chi connectivity index (χ0v) is 10.7. The quantitative estimate of drug-likeness (QED) is 0.809. The highest BCUT2D eigenvalue weighted by atomic mass is 16.2. The summed E-state index contributed by atoms with van der Waals surface area (Å²) in [4.78, 5) is 18.9. The third kappa shape index (κ3) is 1.90. The summed E-state index contributed by atoms with van der Waals surface area (Å²) in [6.07, 6.45) is 4.05. The van der Waals surface area contributed by atoms with Crippen LogP contribution in [0.4, 0.5) is 0 Å². The highest BCUT2D eigenvalue weighted by Crippen LogP contribution is 2.27. The van der Waals surface area contributed by atoms with E-state index in [2.05, 4.69) is 10.3 Å². The first-order chi connectivity index (χ1) is 8.77. The Hall–Kier alpha value is -1.42. The number of nitrogens with one attached hydrogen (secondary N) is 1. The minimum absolute atomic E-state index is 0.103. The molecule has 1 amide bonds. The van der Waals surface area contributed by atoms with Crippen molar-refractivity contribution < 1.29 is 4.79 Å². The summed E-state index contributed by atoms with van der Waals surface area (Å²) in [5, 5.41) is 3.40. The molecule has 0 radical (unpaired) electrons. The molecule has 3 heterocycles. The van der Waals surface area contributed by atoms with E-state index in [1.54, 1.807) is 6.20 Å². The second-order valence-corrected chi connectivity index (χ2v) is 5.30. The van der Waals surface area contributed by atoms with Gasteiger partial charge in [-0.2, -0.15) is 0 Å². The van der Waals surface area contributed by atoms with E-state index in [-0.39, 0.29) is 5.91 Å². The third-order valence-corrected chi connectivity index (χ3v) is 4.15. The van der Waals surface area contributed by atoms with Crippen LogP contribution in [0.15, 0.2) is 18.3 Å². The zero-order valence-electron chi connectivity index (χ0n) is 10.7. The Labute approximate surface area is 107 Å². The molecule has 1 aromatic heterocycles. The molecule has 18 heavy (non-hydrogen) atoms. The molecule has 96 valence electrons. The van der Waals surface area contributed by atoms with E-state index in [4.69, 9.17) is 0 Å². The smallest absolute Gasteiger partial charge is 0.273 e. The maximum absolute atomic E-state index is 12.6. The number of hydrogen-bond acceptors (Lipinski definition) is 3.